The van der Waals surface area contributed by atoms with E-state index >= 15 is 0 Å². The Balaban J connectivity index is 2.53. The molecule has 1 atom stereocenters. The predicted octanol–water partition coefficient (Wildman–Crippen LogP) is -0.489. The summed E-state index contributed by atoms with van der Waals surface area (Å²) in [6.07, 6.45) is -1.81. The molecule has 0 spiro atoms. The Hall–Kier alpha value is -1.13. The number of nitrogens with one attached hydrogen (secondary N) is 2. The monoisotopic (exact) mass is 132 g/mol. The van der Waals surface area contributed by atoms with Crippen LogP contribution in [0.5, 0.6) is 0 Å². The summed E-state index contributed by atoms with van der Waals surface area (Å²) in [7, 11) is 0. The molecule has 0 saturated carbocycles. The van der Waals surface area contributed by atoms with Crippen LogP contribution < -0.4 is 10.6 Å². The fraction of sp³-hybridized carbons (Fsp3) is 0.500. The van der Waals surface area contributed by atoms with Crippen molar-refractivity contribution in [1.29, 1.82) is 0 Å². The smallest absolute Gasteiger partial charge is 0.307 e. The highest BCUT2D eigenvalue weighted by Gasteiger charge is 2.22. The van der Waals surface area contributed by atoms with E-state index in [-0.39, 0.29) is 6.42 Å². The summed E-state index contributed by atoms with van der Waals surface area (Å²) < 4.78 is 12.1. The summed E-state index contributed by atoms with van der Waals surface area (Å²) in [4.78, 5) is 20.5. The van der Waals surface area contributed by atoms with Gasteiger partial charge in [0.1, 0.15) is 0 Å². The third-order valence-electron chi connectivity index (χ3n) is 0.905. The highest BCUT2D eigenvalue weighted by atomic mass is 19.1. The Morgan fingerprint density at radius 2 is 2.22 bits per heavy atom. The van der Waals surface area contributed by atoms with Gasteiger partial charge >= 0.3 is 6.03 Å². The molecule has 5 heteroatoms. The van der Waals surface area contributed by atoms with E-state index in [9.17, 15) is 14.0 Å². The summed E-state index contributed by atoms with van der Waals surface area (Å²) in [6.45, 7) is 0. The van der Waals surface area contributed by atoms with Gasteiger partial charge in [-0.05, 0) is 0 Å². The first-order chi connectivity index (χ1) is 4.18. The third kappa shape index (κ3) is 1.38. The van der Waals surface area contributed by atoms with Crippen molar-refractivity contribution in [1.82, 2.24) is 10.6 Å². The van der Waals surface area contributed by atoms with Gasteiger partial charge in [0.15, 0.2) is 6.30 Å². The van der Waals surface area contributed by atoms with Gasteiger partial charge in [-0.2, -0.15) is 0 Å². The number of hydrogen-bond acceptors (Lipinski definition) is 2. The van der Waals surface area contributed by atoms with Crippen molar-refractivity contribution in [2.75, 3.05) is 0 Å². The number of rotatable bonds is 0. The second kappa shape index (κ2) is 2.00. The first-order valence-electron chi connectivity index (χ1n) is 2.43. The molecule has 2 N–H and O–H groups in total. The maximum atomic E-state index is 12.1. The summed E-state index contributed by atoms with van der Waals surface area (Å²) in [5, 5.41) is 3.75. The number of halogens is 1. The number of imide groups is 1. The van der Waals surface area contributed by atoms with E-state index < -0.39 is 18.2 Å². The molecule has 0 aromatic rings. The molecule has 4 nitrogen and oxygen atoms in total. The first-order valence-corrected chi connectivity index (χ1v) is 2.43. The van der Waals surface area contributed by atoms with Gasteiger partial charge in [0.2, 0.25) is 5.91 Å². The highest BCUT2D eigenvalue weighted by molar-refractivity contribution is 5.96. The van der Waals surface area contributed by atoms with Crippen molar-refractivity contribution in [3.05, 3.63) is 0 Å². The number of urea groups is 1. The van der Waals surface area contributed by atoms with Crippen LogP contribution in [0.25, 0.3) is 0 Å². The fourth-order valence-corrected chi connectivity index (χ4v) is 0.570. The zero-order valence-electron chi connectivity index (χ0n) is 4.48. The minimum absolute atomic E-state index is 0.286. The van der Waals surface area contributed by atoms with Crippen LogP contribution >= 0.6 is 0 Å². The van der Waals surface area contributed by atoms with Gasteiger partial charge in [-0.3, -0.25) is 10.1 Å². The number of carbonyl (C=O) groups is 2. The van der Waals surface area contributed by atoms with Crippen LogP contribution in [0, 0.1) is 0 Å². The molecule has 0 bridgehead atoms. The van der Waals surface area contributed by atoms with Crippen molar-refractivity contribution in [2.24, 2.45) is 0 Å². The number of alkyl halides is 1. The molecule has 0 aromatic heterocycles. The van der Waals surface area contributed by atoms with Gasteiger partial charge in [-0.25, -0.2) is 9.18 Å². The molecule has 3 amide bonds. The normalized spacial score (nSPS) is 27.0. The van der Waals surface area contributed by atoms with E-state index in [1.807, 2.05) is 10.6 Å². The van der Waals surface area contributed by atoms with Gasteiger partial charge in [-0.15, -0.1) is 0 Å². The number of carbonyl (C=O) groups excluding carboxylic acids is 2. The average Bonchev–Trinajstić information content (AvgIpc) is 1.59. The lowest BCUT2D eigenvalue weighted by atomic mass is 10.3. The van der Waals surface area contributed by atoms with Crippen LogP contribution in [0.4, 0.5) is 9.18 Å². The fourth-order valence-electron chi connectivity index (χ4n) is 0.570. The molecular formula is C4H5FN2O2. The lowest BCUT2D eigenvalue weighted by Gasteiger charge is -2.15. The van der Waals surface area contributed by atoms with E-state index in [2.05, 4.69) is 0 Å². The van der Waals surface area contributed by atoms with E-state index in [1.165, 1.54) is 0 Å². The Morgan fingerprint density at radius 3 is 2.67 bits per heavy atom. The Bertz CT molecular complexity index is 143. The second-order valence-electron chi connectivity index (χ2n) is 1.69. The third-order valence-corrected chi connectivity index (χ3v) is 0.905. The molecule has 1 rings (SSSR count). The average molecular weight is 132 g/mol. The Kier molecular flexibility index (Phi) is 1.33. The molecule has 1 aliphatic heterocycles. The van der Waals surface area contributed by atoms with Crippen molar-refractivity contribution in [2.45, 2.75) is 12.7 Å². The highest BCUT2D eigenvalue weighted by Crippen LogP contribution is 1.97. The lowest BCUT2D eigenvalue weighted by molar-refractivity contribution is -0.122. The van der Waals surface area contributed by atoms with Crippen LogP contribution in [-0.4, -0.2) is 18.2 Å². The molecule has 0 radical (unpaired) electrons. The molecule has 0 aromatic carbocycles. The van der Waals surface area contributed by atoms with Gasteiger partial charge < -0.3 is 5.32 Å². The Labute approximate surface area is 50.4 Å². The van der Waals surface area contributed by atoms with Gasteiger partial charge in [0, 0.05) is 0 Å². The largest absolute Gasteiger partial charge is 0.323 e. The zero-order chi connectivity index (χ0) is 6.85. The zero-order valence-corrected chi connectivity index (χ0v) is 4.48. The van der Waals surface area contributed by atoms with Gasteiger partial charge in [0.05, 0.1) is 6.42 Å². The summed E-state index contributed by atoms with van der Waals surface area (Å²) in [5.41, 5.74) is 0. The maximum Gasteiger partial charge on any atom is 0.323 e. The SMILES string of the molecule is O=C1CC(F)NC(=O)N1. The standard InChI is InChI=1S/C4H5FN2O2/c5-2-1-3(8)7-4(9)6-2/h2H,1H2,(H2,6,7,8,9). The molecule has 50 valence electrons. The van der Waals surface area contributed by atoms with Crippen LogP contribution in [0.3, 0.4) is 0 Å². The van der Waals surface area contributed by atoms with Crippen molar-refractivity contribution >= 4 is 11.9 Å². The number of amides is 3. The molecular weight excluding hydrogens is 127 g/mol. The van der Waals surface area contributed by atoms with Crippen molar-refractivity contribution in [3.8, 4) is 0 Å². The number of hydrogen-bond donors (Lipinski definition) is 2. The minimum atomic E-state index is -1.52. The summed E-state index contributed by atoms with van der Waals surface area (Å²) >= 11 is 0. The van der Waals surface area contributed by atoms with Crippen molar-refractivity contribution < 1.29 is 14.0 Å². The van der Waals surface area contributed by atoms with E-state index in [4.69, 9.17) is 0 Å². The molecule has 1 fully saturated rings. The molecule has 1 heterocycles. The maximum absolute atomic E-state index is 12.1. The van der Waals surface area contributed by atoms with Crippen LogP contribution in [0.1, 0.15) is 6.42 Å². The van der Waals surface area contributed by atoms with Gasteiger partial charge in [-0.1, -0.05) is 0 Å². The first kappa shape index (κ1) is 6.00. The van der Waals surface area contributed by atoms with Gasteiger partial charge in [0.25, 0.3) is 0 Å². The van der Waals surface area contributed by atoms with E-state index in [0.29, 0.717) is 0 Å². The molecule has 9 heavy (non-hydrogen) atoms. The van der Waals surface area contributed by atoms with Crippen LogP contribution in [0.2, 0.25) is 0 Å². The molecule has 1 unspecified atom stereocenters. The molecule has 1 aliphatic rings. The lowest BCUT2D eigenvalue weighted by Crippen LogP contribution is -2.50. The predicted molar refractivity (Wildman–Crippen MR) is 26.2 cm³/mol. The summed E-state index contributed by atoms with van der Waals surface area (Å²) in [6, 6.07) is -0.765. The quantitative estimate of drug-likeness (QED) is 0.437. The Morgan fingerprint density at radius 1 is 1.56 bits per heavy atom. The summed E-state index contributed by atoms with van der Waals surface area (Å²) in [5.74, 6) is -0.578. The van der Waals surface area contributed by atoms with E-state index in [1.54, 1.807) is 0 Å². The minimum Gasteiger partial charge on any atom is -0.307 e. The molecule has 1 saturated heterocycles. The topological polar surface area (TPSA) is 58.2 Å². The van der Waals surface area contributed by atoms with Crippen molar-refractivity contribution in [3.63, 3.8) is 0 Å². The van der Waals surface area contributed by atoms with Crippen LogP contribution in [-0.2, 0) is 4.79 Å². The molecule has 0 aliphatic carbocycles. The van der Waals surface area contributed by atoms with E-state index in [0.717, 1.165) is 0 Å². The van der Waals surface area contributed by atoms with Crippen LogP contribution in [0.15, 0.2) is 0 Å². The second-order valence-corrected chi connectivity index (χ2v) is 1.69.